The van der Waals surface area contributed by atoms with Crippen LogP contribution in [0.4, 0.5) is 0 Å². The Kier molecular flexibility index (Phi) is 3.60. The molecule has 0 radical (unpaired) electrons. The lowest BCUT2D eigenvalue weighted by atomic mass is 10.3. The molecular formula is C14H15N5O3. The first kappa shape index (κ1) is 14.2. The predicted octanol–water partition coefficient (Wildman–Crippen LogP) is 0.798. The first-order valence-electron chi connectivity index (χ1n) is 6.75. The molecule has 0 bridgehead atoms. The molecule has 2 N–H and O–H groups in total. The summed E-state index contributed by atoms with van der Waals surface area (Å²) in [4.78, 5) is 20.4. The molecule has 0 spiro atoms. The molecule has 8 nitrogen and oxygen atoms in total. The van der Waals surface area contributed by atoms with Crippen LogP contribution < -0.4 is 5.32 Å². The molecule has 3 heterocycles. The summed E-state index contributed by atoms with van der Waals surface area (Å²) in [6.45, 7) is 3.72. The standard InChI is InChI=1S/C14H15N5O3/c1-8-6-9(2)19-14(16-8)17-12(18-19)13(21)15-7-10(20)11-4-3-5-22-11/h3-6,10,20H,7H2,1-2H3,(H,15,21). The van der Waals surface area contributed by atoms with Crippen LogP contribution >= 0.6 is 0 Å². The highest BCUT2D eigenvalue weighted by atomic mass is 16.4. The van der Waals surface area contributed by atoms with Gasteiger partial charge in [0.1, 0.15) is 11.9 Å². The third-order valence-corrected chi connectivity index (χ3v) is 3.15. The van der Waals surface area contributed by atoms with Gasteiger partial charge in [0.05, 0.1) is 12.8 Å². The minimum Gasteiger partial charge on any atom is -0.467 e. The second-order valence-corrected chi connectivity index (χ2v) is 4.93. The van der Waals surface area contributed by atoms with Gasteiger partial charge >= 0.3 is 0 Å². The maximum absolute atomic E-state index is 12.1. The molecular weight excluding hydrogens is 286 g/mol. The Morgan fingerprint density at radius 3 is 3.00 bits per heavy atom. The van der Waals surface area contributed by atoms with Crippen molar-refractivity contribution in [1.82, 2.24) is 24.9 Å². The highest BCUT2D eigenvalue weighted by Crippen LogP contribution is 2.12. The molecule has 8 heteroatoms. The minimum absolute atomic E-state index is 0.00726. The fourth-order valence-electron chi connectivity index (χ4n) is 2.11. The Morgan fingerprint density at radius 1 is 1.45 bits per heavy atom. The number of hydrogen-bond donors (Lipinski definition) is 2. The van der Waals surface area contributed by atoms with Crippen molar-refractivity contribution in [3.63, 3.8) is 0 Å². The van der Waals surface area contributed by atoms with E-state index in [1.54, 1.807) is 12.1 Å². The summed E-state index contributed by atoms with van der Waals surface area (Å²) < 4.78 is 6.57. The van der Waals surface area contributed by atoms with Crippen molar-refractivity contribution in [3.8, 4) is 0 Å². The topological polar surface area (TPSA) is 106 Å². The van der Waals surface area contributed by atoms with Gasteiger partial charge in [0.15, 0.2) is 0 Å². The Labute approximate surface area is 125 Å². The SMILES string of the molecule is Cc1cc(C)n2nc(C(=O)NCC(O)c3ccco3)nc2n1. The lowest BCUT2D eigenvalue weighted by Gasteiger charge is -2.07. The van der Waals surface area contributed by atoms with E-state index in [-0.39, 0.29) is 12.4 Å². The number of aliphatic hydroxyl groups excluding tert-OH is 1. The molecule has 0 aliphatic carbocycles. The molecule has 0 fully saturated rings. The van der Waals surface area contributed by atoms with Gasteiger partial charge in [-0.1, -0.05) is 0 Å². The number of nitrogens with zero attached hydrogens (tertiary/aromatic N) is 4. The molecule has 3 rings (SSSR count). The van der Waals surface area contributed by atoms with Crippen LogP contribution in [-0.4, -0.2) is 37.1 Å². The van der Waals surface area contributed by atoms with Crippen molar-refractivity contribution in [2.45, 2.75) is 20.0 Å². The Morgan fingerprint density at radius 2 is 2.27 bits per heavy atom. The van der Waals surface area contributed by atoms with Crippen LogP contribution in [0.3, 0.4) is 0 Å². The summed E-state index contributed by atoms with van der Waals surface area (Å²) >= 11 is 0. The van der Waals surface area contributed by atoms with Crippen LogP contribution in [-0.2, 0) is 0 Å². The van der Waals surface area contributed by atoms with E-state index in [4.69, 9.17) is 4.42 Å². The Balaban J connectivity index is 1.74. The second-order valence-electron chi connectivity index (χ2n) is 4.93. The molecule has 0 saturated carbocycles. The summed E-state index contributed by atoms with van der Waals surface area (Å²) in [5, 5.41) is 16.5. The van der Waals surface area contributed by atoms with Gasteiger partial charge < -0.3 is 14.8 Å². The van der Waals surface area contributed by atoms with Crippen molar-refractivity contribution < 1.29 is 14.3 Å². The number of aromatic nitrogens is 4. The number of amides is 1. The number of nitrogens with one attached hydrogen (secondary N) is 1. The zero-order chi connectivity index (χ0) is 15.7. The second kappa shape index (κ2) is 5.57. The van der Waals surface area contributed by atoms with E-state index in [1.807, 2.05) is 19.9 Å². The van der Waals surface area contributed by atoms with Crippen LogP contribution in [0.25, 0.3) is 5.78 Å². The number of rotatable bonds is 4. The molecule has 0 aromatic carbocycles. The van der Waals surface area contributed by atoms with E-state index in [9.17, 15) is 9.90 Å². The molecule has 0 aliphatic rings. The van der Waals surface area contributed by atoms with Gasteiger partial charge in [0.25, 0.3) is 11.7 Å². The van der Waals surface area contributed by atoms with E-state index < -0.39 is 12.0 Å². The Hall–Kier alpha value is -2.74. The van der Waals surface area contributed by atoms with Gasteiger partial charge in [0.2, 0.25) is 5.82 Å². The Bertz CT molecular complexity index is 809. The van der Waals surface area contributed by atoms with Crippen LogP contribution in [0.15, 0.2) is 28.9 Å². The maximum atomic E-state index is 12.1. The van der Waals surface area contributed by atoms with E-state index in [1.165, 1.54) is 10.8 Å². The van der Waals surface area contributed by atoms with Crippen molar-refractivity contribution >= 4 is 11.7 Å². The maximum Gasteiger partial charge on any atom is 0.291 e. The summed E-state index contributed by atoms with van der Waals surface area (Å²) in [7, 11) is 0. The number of hydrogen-bond acceptors (Lipinski definition) is 6. The van der Waals surface area contributed by atoms with Crippen molar-refractivity contribution in [2.75, 3.05) is 6.54 Å². The van der Waals surface area contributed by atoms with E-state index in [2.05, 4.69) is 20.4 Å². The number of carbonyl (C=O) groups is 1. The summed E-state index contributed by atoms with van der Waals surface area (Å²) in [5.74, 6) is 0.284. The number of aryl methyl sites for hydroxylation is 2. The highest BCUT2D eigenvalue weighted by molar-refractivity contribution is 5.90. The molecule has 114 valence electrons. The predicted molar refractivity (Wildman–Crippen MR) is 76.3 cm³/mol. The van der Waals surface area contributed by atoms with E-state index >= 15 is 0 Å². The third kappa shape index (κ3) is 2.68. The van der Waals surface area contributed by atoms with Gasteiger partial charge in [-0.25, -0.2) is 9.50 Å². The molecule has 0 aliphatic heterocycles. The van der Waals surface area contributed by atoms with Gasteiger partial charge in [0, 0.05) is 11.4 Å². The van der Waals surface area contributed by atoms with Crippen molar-refractivity contribution in [1.29, 1.82) is 0 Å². The van der Waals surface area contributed by atoms with Crippen LogP contribution in [0.1, 0.15) is 33.9 Å². The summed E-state index contributed by atoms with van der Waals surface area (Å²) in [5.41, 5.74) is 1.64. The van der Waals surface area contributed by atoms with Crippen LogP contribution in [0, 0.1) is 13.8 Å². The van der Waals surface area contributed by atoms with E-state index in [0.29, 0.717) is 11.5 Å². The highest BCUT2D eigenvalue weighted by Gasteiger charge is 2.17. The van der Waals surface area contributed by atoms with Crippen molar-refractivity contribution in [3.05, 3.63) is 47.4 Å². The van der Waals surface area contributed by atoms with Crippen LogP contribution in [0.5, 0.6) is 0 Å². The fraction of sp³-hybridized carbons (Fsp3) is 0.286. The molecule has 1 atom stereocenters. The van der Waals surface area contributed by atoms with Gasteiger partial charge in [-0.15, -0.1) is 5.10 Å². The minimum atomic E-state index is -0.918. The average Bonchev–Trinajstić information content (AvgIpc) is 3.13. The van der Waals surface area contributed by atoms with Gasteiger partial charge in [-0.2, -0.15) is 4.98 Å². The smallest absolute Gasteiger partial charge is 0.291 e. The summed E-state index contributed by atoms with van der Waals surface area (Å²) in [6.07, 6.45) is 0.541. The third-order valence-electron chi connectivity index (χ3n) is 3.15. The van der Waals surface area contributed by atoms with E-state index in [0.717, 1.165) is 11.4 Å². The fourth-order valence-corrected chi connectivity index (χ4v) is 2.11. The number of aliphatic hydroxyl groups is 1. The molecule has 22 heavy (non-hydrogen) atoms. The van der Waals surface area contributed by atoms with Crippen LogP contribution in [0.2, 0.25) is 0 Å². The molecule has 1 unspecified atom stereocenters. The van der Waals surface area contributed by atoms with Crippen molar-refractivity contribution in [2.24, 2.45) is 0 Å². The van der Waals surface area contributed by atoms with Gasteiger partial charge in [-0.05, 0) is 32.0 Å². The number of carbonyl (C=O) groups excluding carboxylic acids is 1. The molecule has 3 aromatic heterocycles. The first-order chi connectivity index (χ1) is 10.5. The largest absolute Gasteiger partial charge is 0.467 e. The quantitative estimate of drug-likeness (QED) is 0.738. The zero-order valence-electron chi connectivity index (χ0n) is 12.1. The number of furan rings is 1. The molecule has 0 saturated heterocycles. The average molecular weight is 301 g/mol. The normalized spacial score (nSPS) is 12.5. The molecule has 3 aromatic rings. The monoisotopic (exact) mass is 301 g/mol. The zero-order valence-corrected chi connectivity index (χ0v) is 12.1. The summed E-state index contributed by atoms with van der Waals surface area (Å²) in [6, 6.07) is 5.15. The lowest BCUT2D eigenvalue weighted by molar-refractivity contribution is 0.0891. The number of fused-ring (bicyclic) bond motifs is 1. The van der Waals surface area contributed by atoms with Gasteiger partial charge in [-0.3, -0.25) is 4.79 Å². The first-order valence-corrected chi connectivity index (χ1v) is 6.75. The molecule has 1 amide bonds. The lowest BCUT2D eigenvalue weighted by Crippen LogP contribution is -2.29.